The topological polar surface area (TPSA) is 94.9 Å². The molecule has 0 saturated carbocycles. The molecule has 6 nitrogen and oxygen atoms in total. The van der Waals surface area contributed by atoms with Gasteiger partial charge in [0.1, 0.15) is 0 Å². The Balaban J connectivity index is 2.78. The first-order valence-corrected chi connectivity index (χ1v) is 7.41. The molecule has 0 atom stereocenters. The first-order chi connectivity index (χ1) is 8.95. The monoisotopic (exact) mass is 287 g/mol. The van der Waals surface area contributed by atoms with Gasteiger partial charge in [-0.15, -0.1) is 0 Å². The van der Waals surface area contributed by atoms with E-state index in [1.165, 1.54) is 0 Å². The van der Waals surface area contributed by atoms with Gasteiger partial charge in [0.25, 0.3) is 0 Å². The predicted octanol–water partition coefficient (Wildman–Crippen LogP) is 0.285. The molecule has 2 N–H and O–H groups in total. The number of aliphatic hydroxyl groups is 1. The molecule has 19 heavy (non-hydrogen) atoms. The summed E-state index contributed by atoms with van der Waals surface area (Å²) in [6, 6.07) is 8.94. The fraction of sp³-hybridized carbons (Fsp3) is 0.417. The number of carboxylic acids is 1. The van der Waals surface area contributed by atoms with Gasteiger partial charge in [-0.25, -0.2) is 8.42 Å². The summed E-state index contributed by atoms with van der Waals surface area (Å²) in [5.41, 5.74) is 0.787. The van der Waals surface area contributed by atoms with E-state index in [2.05, 4.69) is 0 Å². The van der Waals surface area contributed by atoms with Crippen LogP contribution in [0, 0.1) is 0 Å². The van der Waals surface area contributed by atoms with E-state index in [0.29, 0.717) is 0 Å². The summed E-state index contributed by atoms with van der Waals surface area (Å²) in [5.74, 6) is -1.62. The zero-order valence-corrected chi connectivity index (χ0v) is 11.2. The Hall–Kier alpha value is -1.44. The van der Waals surface area contributed by atoms with Crippen LogP contribution in [0.1, 0.15) is 12.0 Å². The van der Waals surface area contributed by atoms with Gasteiger partial charge in [-0.2, -0.15) is 4.31 Å². The van der Waals surface area contributed by atoms with Crippen LogP contribution < -0.4 is 0 Å². The number of aliphatic hydroxyl groups excluding tert-OH is 1. The lowest BCUT2D eigenvalue weighted by molar-refractivity contribution is -0.136. The summed E-state index contributed by atoms with van der Waals surface area (Å²) in [4.78, 5) is 10.5. The van der Waals surface area contributed by atoms with Crippen molar-refractivity contribution < 1.29 is 23.4 Å². The molecule has 0 aliphatic rings. The molecule has 7 heteroatoms. The van der Waals surface area contributed by atoms with E-state index in [0.717, 1.165) is 9.87 Å². The number of sulfonamides is 1. The van der Waals surface area contributed by atoms with Crippen molar-refractivity contribution >= 4 is 16.0 Å². The Morgan fingerprint density at radius 1 is 1.21 bits per heavy atom. The highest BCUT2D eigenvalue weighted by Crippen LogP contribution is 2.10. The Morgan fingerprint density at radius 3 is 2.37 bits per heavy atom. The third kappa shape index (κ3) is 5.37. The van der Waals surface area contributed by atoms with Crippen molar-refractivity contribution in [3.63, 3.8) is 0 Å². The van der Waals surface area contributed by atoms with Crippen molar-refractivity contribution in [1.82, 2.24) is 4.31 Å². The number of aliphatic carboxylic acids is 1. The number of benzene rings is 1. The van der Waals surface area contributed by atoms with E-state index in [1.807, 2.05) is 6.07 Å². The Labute approximate surface area is 112 Å². The molecule has 1 aromatic rings. The lowest BCUT2D eigenvalue weighted by Gasteiger charge is -2.21. The molecule has 0 amide bonds. The molecule has 0 aliphatic carbocycles. The second-order valence-electron chi connectivity index (χ2n) is 4.00. The first kappa shape index (κ1) is 15.6. The standard InChI is InChI=1S/C12H17NO5S/c14-8-7-13(10-11-4-2-1-3-5-11)19(17,18)9-6-12(15)16/h1-5,14H,6-10H2,(H,15,16). The van der Waals surface area contributed by atoms with Gasteiger partial charge in [-0.3, -0.25) is 4.79 Å². The molecule has 0 radical (unpaired) electrons. The molecule has 0 fully saturated rings. The van der Waals surface area contributed by atoms with E-state index in [-0.39, 0.29) is 19.7 Å². The fourth-order valence-electron chi connectivity index (χ4n) is 1.56. The second-order valence-corrected chi connectivity index (χ2v) is 6.09. The smallest absolute Gasteiger partial charge is 0.304 e. The van der Waals surface area contributed by atoms with Crippen LogP contribution in [0.3, 0.4) is 0 Å². The number of carboxylic acid groups (broad SMARTS) is 1. The van der Waals surface area contributed by atoms with E-state index in [1.54, 1.807) is 24.3 Å². The molecule has 106 valence electrons. The highest BCUT2D eigenvalue weighted by atomic mass is 32.2. The number of hydrogen-bond donors (Lipinski definition) is 2. The Bertz CT molecular complexity index is 500. The maximum atomic E-state index is 12.0. The SMILES string of the molecule is O=C(O)CCS(=O)(=O)N(CCO)Cc1ccccc1. The summed E-state index contributed by atoms with van der Waals surface area (Å²) >= 11 is 0. The van der Waals surface area contributed by atoms with Gasteiger partial charge in [0.2, 0.25) is 10.0 Å². The summed E-state index contributed by atoms with van der Waals surface area (Å²) in [7, 11) is -3.69. The molecule has 0 unspecified atom stereocenters. The molecule has 0 aliphatic heterocycles. The van der Waals surface area contributed by atoms with Crippen molar-refractivity contribution in [2.75, 3.05) is 18.9 Å². The average Bonchev–Trinajstić information content (AvgIpc) is 2.37. The highest BCUT2D eigenvalue weighted by molar-refractivity contribution is 7.89. The van der Waals surface area contributed by atoms with Gasteiger partial charge in [0, 0.05) is 13.1 Å². The predicted molar refractivity (Wildman–Crippen MR) is 70.0 cm³/mol. The van der Waals surface area contributed by atoms with Crippen molar-refractivity contribution in [2.24, 2.45) is 0 Å². The second kappa shape index (κ2) is 7.22. The van der Waals surface area contributed by atoms with Gasteiger partial charge in [-0.05, 0) is 5.56 Å². The van der Waals surface area contributed by atoms with Gasteiger partial charge in [-0.1, -0.05) is 30.3 Å². The summed E-state index contributed by atoms with van der Waals surface area (Å²) in [5, 5.41) is 17.5. The van der Waals surface area contributed by atoms with Crippen LogP contribution in [0.4, 0.5) is 0 Å². The van der Waals surface area contributed by atoms with E-state index >= 15 is 0 Å². The first-order valence-electron chi connectivity index (χ1n) is 5.80. The maximum Gasteiger partial charge on any atom is 0.304 e. The number of carbonyl (C=O) groups is 1. The number of hydrogen-bond acceptors (Lipinski definition) is 4. The van der Waals surface area contributed by atoms with E-state index < -0.39 is 28.2 Å². The van der Waals surface area contributed by atoms with Crippen molar-refractivity contribution in [1.29, 1.82) is 0 Å². The largest absolute Gasteiger partial charge is 0.481 e. The summed E-state index contributed by atoms with van der Waals surface area (Å²) in [6.07, 6.45) is -0.445. The highest BCUT2D eigenvalue weighted by Gasteiger charge is 2.22. The van der Waals surface area contributed by atoms with Crippen LogP contribution in [0.25, 0.3) is 0 Å². The molecular weight excluding hydrogens is 270 g/mol. The minimum atomic E-state index is -3.69. The summed E-state index contributed by atoms with van der Waals surface area (Å²) < 4.78 is 25.1. The van der Waals surface area contributed by atoms with Crippen LogP contribution in [0.15, 0.2) is 30.3 Å². The molecule has 0 bridgehead atoms. The maximum absolute atomic E-state index is 12.0. The molecule has 0 heterocycles. The molecule has 0 saturated heterocycles. The minimum absolute atomic E-state index is 0.0448. The van der Waals surface area contributed by atoms with Crippen LogP contribution in [0.2, 0.25) is 0 Å². The van der Waals surface area contributed by atoms with Crippen LogP contribution in [0.5, 0.6) is 0 Å². The third-order valence-electron chi connectivity index (χ3n) is 2.52. The van der Waals surface area contributed by atoms with Crippen LogP contribution >= 0.6 is 0 Å². The van der Waals surface area contributed by atoms with Gasteiger partial charge < -0.3 is 10.2 Å². The van der Waals surface area contributed by atoms with Gasteiger partial charge in [0.05, 0.1) is 18.8 Å². The fourth-order valence-corrected chi connectivity index (χ4v) is 2.96. The summed E-state index contributed by atoms with van der Waals surface area (Å²) in [6.45, 7) is -0.223. The Morgan fingerprint density at radius 2 is 1.84 bits per heavy atom. The normalized spacial score (nSPS) is 11.7. The molecule has 0 spiro atoms. The minimum Gasteiger partial charge on any atom is -0.481 e. The third-order valence-corrected chi connectivity index (χ3v) is 4.34. The lowest BCUT2D eigenvalue weighted by Crippen LogP contribution is -2.35. The van der Waals surface area contributed by atoms with Gasteiger partial charge >= 0.3 is 5.97 Å². The number of rotatable bonds is 8. The van der Waals surface area contributed by atoms with Crippen LogP contribution in [-0.4, -0.2) is 47.8 Å². The zero-order valence-electron chi connectivity index (χ0n) is 10.4. The molecule has 0 aromatic heterocycles. The molecule has 1 rings (SSSR count). The van der Waals surface area contributed by atoms with Crippen LogP contribution in [-0.2, 0) is 21.4 Å². The lowest BCUT2D eigenvalue weighted by atomic mass is 10.2. The van der Waals surface area contributed by atoms with E-state index in [4.69, 9.17) is 10.2 Å². The van der Waals surface area contributed by atoms with Crippen molar-refractivity contribution in [3.05, 3.63) is 35.9 Å². The molecular formula is C12H17NO5S. The quantitative estimate of drug-likeness (QED) is 0.716. The molecule has 1 aromatic carbocycles. The zero-order chi connectivity index (χ0) is 14.3. The Kier molecular flexibility index (Phi) is 5.94. The van der Waals surface area contributed by atoms with Crippen molar-refractivity contribution in [2.45, 2.75) is 13.0 Å². The van der Waals surface area contributed by atoms with Crippen molar-refractivity contribution in [3.8, 4) is 0 Å². The van der Waals surface area contributed by atoms with E-state index in [9.17, 15) is 13.2 Å². The average molecular weight is 287 g/mol. The van der Waals surface area contributed by atoms with Gasteiger partial charge in [0.15, 0.2) is 0 Å². The number of nitrogens with zero attached hydrogens (tertiary/aromatic N) is 1.